The first-order valence-electron chi connectivity index (χ1n) is 7.80. The molecule has 6 heteroatoms. The molecule has 0 saturated heterocycles. The van der Waals surface area contributed by atoms with E-state index in [4.69, 9.17) is 4.42 Å². The summed E-state index contributed by atoms with van der Waals surface area (Å²) in [5.74, 6) is 1.33. The van der Waals surface area contributed by atoms with E-state index in [2.05, 4.69) is 5.32 Å². The van der Waals surface area contributed by atoms with E-state index in [-0.39, 0.29) is 18.0 Å². The summed E-state index contributed by atoms with van der Waals surface area (Å²) < 4.78 is 5.76. The van der Waals surface area contributed by atoms with Gasteiger partial charge in [-0.2, -0.15) is 0 Å². The first-order chi connectivity index (χ1) is 12.1. The number of benzene rings is 2. The third kappa shape index (κ3) is 4.32. The van der Waals surface area contributed by atoms with Crippen LogP contribution in [0.5, 0.6) is 0 Å². The number of furan rings is 1. The van der Waals surface area contributed by atoms with Gasteiger partial charge in [0.05, 0.1) is 4.92 Å². The Morgan fingerprint density at radius 3 is 2.40 bits per heavy atom. The van der Waals surface area contributed by atoms with E-state index in [1.165, 1.54) is 24.3 Å². The van der Waals surface area contributed by atoms with Gasteiger partial charge in [0, 0.05) is 36.2 Å². The number of amides is 1. The topological polar surface area (TPSA) is 85.4 Å². The fraction of sp³-hybridized carbons (Fsp3) is 0.105. The van der Waals surface area contributed by atoms with E-state index in [1.807, 2.05) is 42.5 Å². The molecule has 0 fully saturated rings. The molecule has 2 aromatic carbocycles. The lowest BCUT2D eigenvalue weighted by atomic mass is 10.2. The summed E-state index contributed by atoms with van der Waals surface area (Å²) in [6.07, 6.45) is 0.740. The highest BCUT2D eigenvalue weighted by molar-refractivity contribution is 5.90. The lowest BCUT2D eigenvalue weighted by Crippen LogP contribution is -2.12. The maximum atomic E-state index is 12.0. The standard InChI is InChI=1S/C19H16N2O4/c22-19(20-15-6-8-16(9-7-15)21(23)24)13-11-17-10-12-18(25-17)14-4-2-1-3-5-14/h1-10,12H,11,13H2,(H,20,22). The number of hydrogen-bond donors (Lipinski definition) is 1. The van der Waals surface area contributed by atoms with Gasteiger partial charge in [0.15, 0.2) is 0 Å². The molecule has 0 bridgehead atoms. The van der Waals surface area contributed by atoms with Crippen molar-refractivity contribution in [3.63, 3.8) is 0 Å². The molecule has 0 unspecified atom stereocenters. The zero-order chi connectivity index (χ0) is 17.6. The van der Waals surface area contributed by atoms with E-state index < -0.39 is 4.92 Å². The smallest absolute Gasteiger partial charge is 0.269 e. The third-order valence-corrected chi connectivity index (χ3v) is 3.68. The Hall–Kier alpha value is -3.41. The number of hydrogen-bond acceptors (Lipinski definition) is 4. The molecule has 1 aromatic heterocycles. The zero-order valence-electron chi connectivity index (χ0n) is 13.3. The summed E-state index contributed by atoms with van der Waals surface area (Å²) in [5, 5.41) is 13.3. The molecule has 0 aliphatic rings. The molecule has 1 heterocycles. The zero-order valence-corrected chi connectivity index (χ0v) is 13.3. The highest BCUT2D eigenvalue weighted by atomic mass is 16.6. The second-order valence-electron chi connectivity index (χ2n) is 5.48. The van der Waals surface area contributed by atoms with Crippen LogP contribution in [0.2, 0.25) is 0 Å². The number of aryl methyl sites for hydroxylation is 1. The molecule has 0 aliphatic carbocycles. The van der Waals surface area contributed by atoms with Gasteiger partial charge in [-0.1, -0.05) is 30.3 Å². The Kier molecular flexibility index (Phi) is 4.89. The highest BCUT2D eigenvalue weighted by Gasteiger charge is 2.09. The molecule has 0 atom stereocenters. The molecule has 25 heavy (non-hydrogen) atoms. The molecule has 1 N–H and O–H groups in total. The van der Waals surface area contributed by atoms with Gasteiger partial charge in [0.1, 0.15) is 11.5 Å². The first kappa shape index (κ1) is 16.4. The van der Waals surface area contributed by atoms with Crippen LogP contribution in [0.4, 0.5) is 11.4 Å². The second-order valence-corrected chi connectivity index (χ2v) is 5.48. The maximum absolute atomic E-state index is 12.0. The lowest BCUT2D eigenvalue weighted by Gasteiger charge is -2.04. The van der Waals surface area contributed by atoms with Gasteiger partial charge < -0.3 is 9.73 Å². The molecule has 3 aromatic rings. The normalized spacial score (nSPS) is 10.4. The van der Waals surface area contributed by atoms with Crippen LogP contribution >= 0.6 is 0 Å². The summed E-state index contributed by atoms with van der Waals surface area (Å²) in [6, 6.07) is 19.2. The van der Waals surface area contributed by atoms with E-state index in [0.29, 0.717) is 12.1 Å². The van der Waals surface area contributed by atoms with Gasteiger partial charge in [-0.05, 0) is 24.3 Å². The molecule has 0 radical (unpaired) electrons. The van der Waals surface area contributed by atoms with E-state index >= 15 is 0 Å². The SMILES string of the molecule is O=C(CCc1ccc(-c2ccccc2)o1)Nc1ccc([N+](=O)[O-])cc1. The quantitative estimate of drug-likeness (QED) is 0.533. The maximum Gasteiger partial charge on any atom is 0.269 e. The van der Waals surface area contributed by atoms with Crippen molar-refractivity contribution in [3.05, 3.63) is 82.6 Å². The number of carbonyl (C=O) groups is 1. The van der Waals surface area contributed by atoms with Gasteiger partial charge in [-0.25, -0.2) is 0 Å². The number of nitro benzene ring substituents is 1. The van der Waals surface area contributed by atoms with Gasteiger partial charge in [0.25, 0.3) is 5.69 Å². The van der Waals surface area contributed by atoms with Crippen molar-refractivity contribution in [3.8, 4) is 11.3 Å². The first-order valence-corrected chi connectivity index (χ1v) is 7.80. The summed E-state index contributed by atoms with van der Waals surface area (Å²) >= 11 is 0. The number of nitrogens with one attached hydrogen (secondary N) is 1. The van der Waals surface area contributed by atoms with Gasteiger partial charge in [-0.3, -0.25) is 14.9 Å². The van der Waals surface area contributed by atoms with E-state index in [1.54, 1.807) is 0 Å². The Labute approximate surface area is 144 Å². The van der Waals surface area contributed by atoms with Crippen molar-refractivity contribution >= 4 is 17.3 Å². The fourth-order valence-electron chi connectivity index (χ4n) is 2.40. The Balaban J connectivity index is 1.54. The monoisotopic (exact) mass is 336 g/mol. The minimum absolute atomic E-state index is 0.0120. The van der Waals surface area contributed by atoms with E-state index in [0.717, 1.165) is 17.1 Å². The van der Waals surface area contributed by atoms with Crippen LogP contribution in [0.3, 0.4) is 0 Å². The highest BCUT2D eigenvalue weighted by Crippen LogP contribution is 2.22. The Bertz CT molecular complexity index is 870. The number of carbonyl (C=O) groups excluding carboxylic acids is 1. The second kappa shape index (κ2) is 7.44. The fourth-order valence-corrected chi connectivity index (χ4v) is 2.40. The van der Waals surface area contributed by atoms with E-state index in [9.17, 15) is 14.9 Å². The molecule has 3 rings (SSSR count). The van der Waals surface area contributed by atoms with Crippen molar-refractivity contribution in [2.45, 2.75) is 12.8 Å². The van der Waals surface area contributed by atoms with Crippen LogP contribution in [0.1, 0.15) is 12.2 Å². The number of rotatable bonds is 6. The van der Waals surface area contributed by atoms with Crippen molar-refractivity contribution in [1.82, 2.24) is 0 Å². The van der Waals surface area contributed by atoms with Crippen molar-refractivity contribution in [2.75, 3.05) is 5.32 Å². The summed E-state index contributed by atoms with van der Waals surface area (Å²) in [7, 11) is 0. The van der Waals surface area contributed by atoms with Crippen LogP contribution < -0.4 is 5.32 Å². The largest absolute Gasteiger partial charge is 0.461 e. The van der Waals surface area contributed by atoms with Crippen LogP contribution in [0.25, 0.3) is 11.3 Å². The molecular formula is C19H16N2O4. The lowest BCUT2D eigenvalue weighted by molar-refractivity contribution is -0.384. The molecule has 1 amide bonds. The third-order valence-electron chi connectivity index (χ3n) is 3.68. The average Bonchev–Trinajstić information content (AvgIpc) is 3.10. The number of nitrogens with zero attached hydrogens (tertiary/aromatic N) is 1. The average molecular weight is 336 g/mol. The summed E-state index contributed by atoms with van der Waals surface area (Å²) in [4.78, 5) is 22.1. The Morgan fingerprint density at radius 2 is 1.72 bits per heavy atom. The minimum Gasteiger partial charge on any atom is -0.461 e. The predicted octanol–water partition coefficient (Wildman–Crippen LogP) is 4.43. The minimum atomic E-state index is -0.479. The summed E-state index contributed by atoms with van der Waals surface area (Å²) in [5.41, 5.74) is 1.51. The number of anilines is 1. The van der Waals surface area contributed by atoms with Gasteiger partial charge in [-0.15, -0.1) is 0 Å². The molecule has 0 saturated carbocycles. The van der Waals surface area contributed by atoms with Crippen molar-refractivity contribution in [1.29, 1.82) is 0 Å². The molecule has 0 spiro atoms. The molecule has 126 valence electrons. The Morgan fingerprint density at radius 1 is 1.00 bits per heavy atom. The van der Waals surface area contributed by atoms with Crippen LogP contribution in [-0.4, -0.2) is 10.8 Å². The summed E-state index contributed by atoms with van der Waals surface area (Å²) in [6.45, 7) is 0. The molecule has 6 nitrogen and oxygen atoms in total. The van der Waals surface area contributed by atoms with Crippen molar-refractivity contribution < 1.29 is 14.1 Å². The van der Waals surface area contributed by atoms with Crippen LogP contribution in [0.15, 0.2) is 71.1 Å². The number of non-ortho nitro benzene ring substituents is 1. The predicted molar refractivity (Wildman–Crippen MR) is 94.2 cm³/mol. The van der Waals surface area contributed by atoms with Crippen LogP contribution in [-0.2, 0) is 11.2 Å². The number of nitro groups is 1. The van der Waals surface area contributed by atoms with Gasteiger partial charge >= 0.3 is 0 Å². The van der Waals surface area contributed by atoms with Crippen molar-refractivity contribution in [2.24, 2.45) is 0 Å². The molecular weight excluding hydrogens is 320 g/mol. The van der Waals surface area contributed by atoms with Gasteiger partial charge in [0.2, 0.25) is 5.91 Å². The molecule has 0 aliphatic heterocycles. The van der Waals surface area contributed by atoms with Crippen LogP contribution in [0, 0.1) is 10.1 Å².